The minimum absolute atomic E-state index is 0.0961. The van der Waals surface area contributed by atoms with Gasteiger partial charge >= 0.3 is 0 Å². The number of nitrogens with zero attached hydrogens (tertiary/aromatic N) is 1. The van der Waals surface area contributed by atoms with Gasteiger partial charge in [0.1, 0.15) is 5.84 Å². The van der Waals surface area contributed by atoms with Gasteiger partial charge in [0.05, 0.1) is 5.69 Å². The minimum atomic E-state index is 0.0961. The second kappa shape index (κ2) is 5.34. The van der Waals surface area contributed by atoms with Crippen LogP contribution in [0.2, 0.25) is 0 Å². The van der Waals surface area contributed by atoms with E-state index in [0.29, 0.717) is 5.92 Å². The first kappa shape index (κ1) is 13.0. The summed E-state index contributed by atoms with van der Waals surface area (Å²) < 4.78 is 0.975. The molecule has 0 bridgehead atoms. The molecule has 0 aromatic heterocycles. The van der Waals surface area contributed by atoms with Crippen LogP contribution in [0.15, 0.2) is 22.7 Å². The van der Waals surface area contributed by atoms with Crippen molar-refractivity contribution in [2.45, 2.75) is 13.8 Å². The van der Waals surface area contributed by atoms with E-state index in [2.05, 4.69) is 41.7 Å². The van der Waals surface area contributed by atoms with Crippen molar-refractivity contribution < 1.29 is 0 Å². The largest absolute Gasteiger partial charge is 0.384 e. The number of hydrogen-bond acceptors (Lipinski definition) is 2. The molecule has 0 unspecified atom stereocenters. The quantitative estimate of drug-likeness (QED) is 0.660. The Labute approximate surface area is 105 Å². The van der Waals surface area contributed by atoms with Crippen LogP contribution in [-0.2, 0) is 0 Å². The van der Waals surface area contributed by atoms with Crippen molar-refractivity contribution in [2.75, 3.05) is 18.5 Å². The van der Waals surface area contributed by atoms with E-state index in [1.807, 2.05) is 18.2 Å². The summed E-state index contributed by atoms with van der Waals surface area (Å²) >= 11 is 3.51. The molecule has 1 rings (SSSR count). The highest BCUT2D eigenvalue weighted by Gasteiger charge is 2.08. The normalized spacial score (nSPS) is 10.6. The van der Waals surface area contributed by atoms with Crippen molar-refractivity contribution in [1.82, 2.24) is 0 Å². The first-order valence-electron chi connectivity index (χ1n) is 5.27. The van der Waals surface area contributed by atoms with Crippen molar-refractivity contribution in [3.8, 4) is 0 Å². The molecule has 16 heavy (non-hydrogen) atoms. The smallest absolute Gasteiger partial charge is 0.122 e. The summed E-state index contributed by atoms with van der Waals surface area (Å²) in [6.45, 7) is 5.38. The second-order valence-corrected chi connectivity index (χ2v) is 5.21. The number of halogens is 1. The van der Waals surface area contributed by atoms with Crippen LogP contribution in [-0.4, -0.2) is 19.4 Å². The molecule has 0 saturated heterocycles. The van der Waals surface area contributed by atoms with E-state index in [1.165, 1.54) is 0 Å². The predicted octanol–water partition coefficient (Wildman–Crippen LogP) is 2.83. The summed E-state index contributed by atoms with van der Waals surface area (Å²) in [6, 6.07) is 5.75. The molecule has 1 aromatic carbocycles. The molecule has 1 aromatic rings. The van der Waals surface area contributed by atoms with Crippen molar-refractivity contribution in [3.63, 3.8) is 0 Å². The maximum atomic E-state index is 7.37. The summed E-state index contributed by atoms with van der Waals surface area (Å²) in [5.41, 5.74) is 7.31. The molecule has 0 radical (unpaired) electrons. The molecule has 0 aliphatic heterocycles. The molecule has 0 aliphatic carbocycles. The van der Waals surface area contributed by atoms with E-state index in [1.54, 1.807) is 0 Å². The molecule has 0 saturated carbocycles. The lowest BCUT2D eigenvalue weighted by molar-refractivity contribution is 0.638. The lowest BCUT2D eigenvalue weighted by Gasteiger charge is -2.23. The number of benzene rings is 1. The van der Waals surface area contributed by atoms with Gasteiger partial charge in [0.2, 0.25) is 0 Å². The standard InChI is InChI=1S/C12H18BrN3/c1-8(2)7-16(3)11-5-4-9(12(14)15)6-10(11)13/h4-6,8H,7H2,1-3H3,(H3,14,15). The molecule has 0 spiro atoms. The Balaban J connectivity index is 2.94. The number of nitrogens with one attached hydrogen (secondary N) is 1. The van der Waals surface area contributed by atoms with Crippen LogP contribution < -0.4 is 10.6 Å². The van der Waals surface area contributed by atoms with E-state index in [-0.39, 0.29) is 5.84 Å². The van der Waals surface area contributed by atoms with Gasteiger partial charge in [0.25, 0.3) is 0 Å². The van der Waals surface area contributed by atoms with Gasteiger partial charge in [-0.3, -0.25) is 5.41 Å². The number of nitrogen functional groups attached to an aromatic ring is 1. The Bertz CT molecular complexity index is 388. The maximum Gasteiger partial charge on any atom is 0.122 e. The van der Waals surface area contributed by atoms with Gasteiger partial charge in [-0.25, -0.2) is 0 Å². The van der Waals surface area contributed by atoms with Gasteiger partial charge in [-0.05, 0) is 40.0 Å². The lowest BCUT2D eigenvalue weighted by Crippen LogP contribution is -2.23. The van der Waals surface area contributed by atoms with E-state index >= 15 is 0 Å². The molecule has 0 amide bonds. The van der Waals surface area contributed by atoms with Crippen molar-refractivity contribution >= 4 is 27.5 Å². The SMILES string of the molecule is CC(C)CN(C)c1ccc(C(=N)N)cc1Br. The fraction of sp³-hybridized carbons (Fsp3) is 0.417. The Hall–Kier alpha value is -1.03. The second-order valence-electron chi connectivity index (χ2n) is 4.35. The van der Waals surface area contributed by atoms with Crippen molar-refractivity contribution in [3.05, 3.63) is 28.2 Å². The van der Waals surface area contributed by atoms with Crippen molar-refractivity contribution in [1.29, 1.82) is 5.41 Å². The Morgan fingerprint density at radius 1 is 1.50 bits per heavy atom. The van der Waals surface area contributed by atoms with Gasteiger partial charge in [-0.1, -0.05) is 13.8 Å². The van der Waals surface area contributed by atoms with Gasteiger partial charge in [0.15, 0.2) is 0 Å². The third kappa shape index (κ3) is 3.23. The summed E-state index contributed by atoms with van der Waals surface area (Å²) in [5.74, 6) is 0.711. The topological polar surface area (TPSA) is 53.1 Å². The van der Waals surface area contributed by atoms with Gasteiger partial charge < -0.3 is 10.6 Å². The highest BCUT2D eigenvalue weighted by molar-refractivity contribution is 9.10. The molecule has 0 aliphatic rings. The van der Waals surface area contributed by atoms with Gasteiger partial charge in [-0.15, -0.1) is 0 Å². The van der Waals surface area contributed by atoms with Gasteiger partial charge in [0, 0.05) is 23.6 Å². The molecule has 0 fully saturated rings. The van der Waals surface area contributed by atoms with E-state index in [0.717, 1.165) is 22.3 Å². The third-order valence-corrected chi connectivity index (χ3v) is 2.94. The number of nitrogens with two attached hydrogens (primary N) is 1. The molecule has 0 atom stereocenters. The molecular weight excluding hydrogens is 266 g/mol. The zero-order valence-electron chi connectivity index (χ0n) is 9.92. The van der Waals surface area contributed by atoms with Crippen LogP contribution >= 0.6 is 15.9 Å². The average Bonchev–Trinajstić information content (AvgIpc) is 2.15. The Morgan fingerprint density at radius 2 is 2.12 bits per heavy atom. The third-order valence-electron chi connectivity index (χ3n) is 2.31. The predicted molar refractivity (Wildman–Crippen MR) is 73.3 cm³/mol. The number of amidine groups is 1. The highest BCUT2D eigenvalue weighted by Crippen LogP contribution is 2.26. The van der Waals surface area contributed by atoms with Crippen LogP contribution in [0.4, 0.5) is 5.69 Å². The molecule has 0 heterocycles. The molecule has 3 nitrogen and oxygen atoms in total. The number of rotatable bonds is 4. The van der Waals surface area contributed by atoms with E-state index in [4.69, 9.17) is 11.1 Å². The monoisotopic (exact) mass is 283 g/mol. The fourth-order valence-electron chi connectivity index (χ4n) is 1.63. The zero-order chi connectivity index (χ0) is 12.3. The molecule has 3 N–H and O–H groups in total. The van der Waals surface area contributed by atoms with Gasteiger partial charge in [-0.2, -0.15) is 0 Å². The Morgan fingerprint density at radius 3 is 2.56 bits per heavy atom. The summed E-state index contributed by atoms with van der Waals surface area (Å²) in [7, 11) is 2.06. The fourth-order valence-corrected chi connectivity index (χ4v) is 2.31. The maximum absolute atomic E-state index is 7.37. The van der Waals surface area contributed by atoms with E-state index < -0.39 is 0 Å². The van der Waals surface area contributed by atoms with Crippen molar-refractivity contribution in [2.24, 2.45) is 11.7 Å². The average molecular weight is 284 g/mol. The first-order valence-corrected chi connectivity index (χ1v) is 6.06. The lowest BCUT2D eigenvalue weighted by atomic mass is 10.1. The van der Waals surface area contributed by atoms with Crippen LogP contribution in [0.25, 0.3) is 0 Å². The minimum Gasteiger partial charge on any atom is -0.384 e. The summed E-state index contributed by atoms with van der Waals surface area (Å²) in [5, 5.41) is 7.37. The molecule has 88 valence electrons. The molecular formula is C12H18BrN3. The van der Waals surface area contributed by atoms with Crippen LogP contribution in [0.1, 0.15) is 19.4 Å². The van der Waals surface area contributed by atoms with Crippen LogP contribution in [0.3, 0.4) is 0 Å². The Kier molecular flexibility index (Phi) is 4.35. The van der Waals surface area contributed by atoms with Crippen LogP contribution in [0.5, 0.6) is 0 Å². The highest BCUT2D eigenvalue weighted by atomic mass is 79.9. The summed E-state index contributed by atoms with van der Waals surface area (Å²) in [4.78, 5) is 2.19. The summed E-state index contributed by atoms with van der Waals surface area (Å²) in [6.07, 6.45) is 0. The first-order chi connectivity index (χ1) is 7.41. The number of anilines is 1. The molecule has 4 heteroatoms. The van der Waals surface area contributed by atoms with Crippen LogP contribution in [0, 0.1) is 11.3 Å². The van der Waals surface area contributed by atoms with E-state index in [9.17, 15) is 0 Å². The number of hydrogen-bond donors (Lipinski definition) is 2. The zero-order valence-corrected chi connectivity index (χ0v) is 11.5.